The Kier molecular flexibility index (Phi) is 6.50. The van der Waals surface area contributed by atoms with Gasteiger partial charge in [0.1, 0.15) is 10.6 Å². The van der Waals surface area contributed by atoms with Crippen LogP contribution in [0.25, 0.3) is 0 Å². The highest BCUT2D eigenvalue weighted by molar-refractivity contribution is 7.89. The van der Waals surface area contributed by atoms with E-state index in [9.17, 15) is 13.2 Å². The van der Waals surface area contributed by atoms with Gasteiger partial charge in [-0.05, 0) is 55.3 Å². The summed E-state index contributed by atoms with van der Waals surface area (Å²) in [4.78, 5) is 12.5. The molecule has 28 heavy (non-hydrogen) atoms. The molecule has 0 saturated carbocycles. The lowest BCUT2D eigenvalue weighted by molar-refractivity contribution is -0.120. The van der Waals surface area contributed by atoms with Gasteiger partial charge in [-0.25, -0.2) is 8.42 Å². The summed E-state index contributed by atoms with van der Waals surface area (Å²) < 4.78 is 32.5. The van der Waals surface area contributed by atoms with E-state index in [1.807, 2.05) is 0 Å². The molecule has 3 rings (SSSR count). The molecule has 2 aromatic rings. The molecule has 150 valence electrons. The van der Waals surface area contributed by atoms with Crippen LogP contribution in [0, 0.1) is 5.92 Å². The zero-order valence-corrected chi connectivity index (χ0v) is 17.5. The van der Waals surface area contributed by atoms with E-state index in [1.165, 1.54) is 23.5 Å². The molecule has 1 N–H and O–H groups in total. The summed E-state index contributed by atoms with van der Waals surface area (Å²) in [6.45, 7) is 0.493. The van der Waals surface area contributed by atoms with Gasteiger partial charge < -0.3 is 10.1 Å². The Morgan fingerprint density at radius 3 is 2.29 bits per heavy atom. The van der Waals surface area contributed by atoms with Crippen LogP contribution in [-0.2, 0) is 14.8 Å². The molecule has 0 aromatic heterocycles. The number of hydrogen-bond acceptors (Lipinski definition) is 4. The first-order chi connectivity index (χ1) is 13.3. The molecule has 1 aliphatic heterocycles. The zero-order valence-electron chi connectivity index (χ0n) is 15.2. The second-order valence-corrected chi connectivity index (χ2v) is 9.25. The first kappa shape index (κ1) is 20.9. The second kappa shape index (κ2) is 8.69. The molecule has 1 amide bonds. The van der Waals surface area contributed by atoms with Gasteiger partial charge in [-0.15, -0.1) is 0 Å². The SMILES string of the molecule is COc1ccc(Cl)cc1S(=O)(=O)N1CCC(C(=O)Nc2ccc(Cl)cc2)CC1. The van der Waals surface area contributed by atoms with Crippen molar-refractivity contribution in [1.82, 2.24) is 4.31 Å². The van der Waals surface area contributed by atoms with Crippen LogP contribution in [0.1, 0.15) is 12.8 Å². The van der Waals surface area contributed by atoms with E-state index >= 15 is 0 Å². The highest BCUT2D eigenvalue weighted by Crippen LogP contribution is 2.32. The Labute approximate surface area is 174 Å². The fourth-order valence-electron chi connectivity index (χ4n) is 3.13. The number of halogens is 2. The summed E-state index contributed by atoms with van der Waals surface area (Å²) in [6, 6.07) is 11.3. The maximum atomic E-state index is 13.0. The van der Waals surface area contributed by atoms with Gasteiger partial charge in [-0.2, -0.15) is 4.31 Å². The Morgan fingerprint density at radius 2 is 1.68 bits per heavy atom. The van der Waals surface area contributed by atoms with Crippen molar-refractivity contribution in [2.45, 2.75) is 17.7 Å². The molecule has 0 atom stereocenters. The molecule has 1 heterocycles. The number of amides is 1. The number of nitrogens with zero attached hydrogens (tertiary/aromatic N) is 1. The maximum absolute atomic E-state index is 13.0. The van der Waals surface area contributed by atoms with Crippen molar-refractivity contribution in [3.63, 3.8) is 0 Å². The molecule has 6 nitrogen and oxygen atoms in total. The van der Waals surface area contributed by atoms with Crippen LogP contribution in [0.2, 0.25) is 10.0 Å². The Morgan fingerprint density at radius 1 is 1.07 bits per heavy atom. The number of methoxy groups -OCH3 is 1. The number of sulfonamides is 1. The number of piperidine rings is 1. The number of nitrogens with one attached hydrogen (secondary N) is 1. The fraction of sp³-hybridized carbons (Fsp3) is 0.316. The predicted molar refractivity (Wildman–Crippen MR) is 110 cm³/mol. The van der Waals surface area contributed by atoms with E-state index < -0.39 is 10.0 Å². The Hall–Kier alpha value is -1.80. The van der Waals surface area contributed by atoms with Gasteiger partial charge >= 0.3 is 0 Å². The highest BCUT2D eigenvalue weighted by atomic mass is 35.5. The van der Waals surface area contributed by atoms with Crippen molar-refractivity contribution in [2.24, 2.45) is 5.92 Å². The van der Waals surface area contributed by atoms with Gasteiger partial charge in [-0.1, -0.05) is 23.2 Å². The normalized spacial score (nSPS) is 16.0. The van der Waals surface area contributed by atoms with E-state index in [0.29, 0.717) is 28.6 Å². The lowest BCUT2D eigenvalue weighted by atomic mass is 9.97. The number of benzene rings is 2. The van der Waals surface area contributed by atoms with Crippen molar-refractivity contribution < 1.29 is 17.9 Å². The topological polar surface area (TPSA) is 75.7 Å². The van der Waals surface area contributed by atoms with Crippen molar-refractivity contribution in [1.29, 1.82) is 0 Å². The van der Waals surface area contributed by atoms with E-state index in [-0.39, 0.29) is 35.6 Å². The average molecular weight is 443 g/mol. The lowest BCUT2D eigenvalue weighted by Gasteiger charge is -2.31. The first-order valence-corrected chi connectivity index (χ1v) is 10.9. The van der Waals surface area contributed by atoms with Crippen LogP contribution in [0.3, 0.4) is 0 Å². The quantitative estimate of drug-likeness (QED) is 0.757. The number of rotatable bonds is 5. The standard InChI is InChI=1S/C19H20Cl2N2O4S/c1-27-17-7-4-15(21)12-18(17)28(25,26)23-10-8-13(9-11-23)19(24)22-16-5-2-14(20)3-6-16/h2-7,12-13H,8-11H2,1H3,(H,22,24). The zero-order chi connectivity index (χ0) is 20.3. The lowest BCUT2D eigenvalue weighted by Crippen LogP contribution is -2.41. The largest absolute Gasteiger partial charge is 0.495 e. The average Bonchev–Trinajstić information content (AvgIpc) is 2.69. The molecular weight excluding hydrogens is 423 g/mol. The Bertz CT molecular complexity index is 956. The number of carbonyl (C=O) groups excluding carboxylic acids is 1. The van der Waals surface area contributed by atoms with E-state index in [4.69, 9.17) is 27.9 Å². The molecule has 0 radical (unpaired) electrons. The molecule has 0 aliphatic carbocycles. The molecule has 1 saturated heterocycles. The van der Waals surface area contributed by atoms with Gasteiger partial charge in [0.25, 0.3) is 0 Å². The number of carbonyl (C=O) groups is 1. The summed E-state index contributed by atoms with van der Waals surface area (Å²) in [5.41, 5.74) is 0.660. The van der Waals surface area contributed by atoms with Gasteiger partial charge in [0.05, 0.1) is 7.11 Å². The Balaban J connectivity index is 1.67. The van der Waals surface area contributed by atoms with Crippen LogP contribution >= 0.6 is 23.2 Å². The van der Waals surface area contributed by atoms with Crippen LogP contribution < -0.4 is 10.1 Å². The van der Waals surface area contributed by atoms with Crippen LogP contribution in [0.15, 0.2) is 47.4 Å². The van der Waals surface area contributed by atoms with E-state index in [2.05, 4.69) is 5.32 Å². The summed E-state index contributed by atoms with van der Waals surface area (Å²) in [5, 5.41) is 3.75. The van der Waals surface area contributed by atoms with Gasteiger partial charge in [-0.3, -0.25) is 4.79 Å². The van der Waals surface area contributed by atoms with Gasteiger partial charge in [0.15, 0.2) is 0 Å². The van der Waals surface area contributed by atoms with Gasteiger partial charge in [0.2, 0.25) is 15.9 Å². The first-order valence-electron chi connectivity index (χ1n) is 8.71. The minimum Gasteiger partial charge on any atom is -0.495 e. The van der Waals surface area contributed by atoms with Crippen LogP contribution in [-0.4, -0.2) is 38.8 Å². The summed E-state index contributed by atoms with van der Waals surface area (Å²) in [6.07, 6.45) is 0.864. The molecule has 1 fully saturated rings. The molecule has 0 bridgehead atoms. The summed E-state index contributed by atoms with van der Waals surface area (Å²) in [5.74, 6) is -0.143. The number of anilines is 1. The van der Waals surface area contributed by atoms with Gasteiger partial charge in [0, 0.05) is 34.7 Å². The smallest absolute Gasteiger partial charge is 0.246 e. The van der Waals surface area contributed by atoms with Crippen molar-refractivity contribution in [2.75, 3.05) is 25.5 Å². The monoisotopic (exact) mass is 442 g/mol. The van der Waals surface area contributed by atoms with E-state index in [1.54, 1.807) is 30.3 Å². The summed E-state index contributed by atoms with van der Waals surface area (Å²) in [7, 11) is -2.35. The molecule has 2 aromatic carbocycles. The van der Waals surface area contributed by atoms with Crippen molar-refractivity contribution in [3.05, 3.63) is 52.5 Å². The fourth-order valence-corrected chi connectivity index (χ4v) is 5.14. The third-order valence-corrected chi connectivity index (χ3v) is 7.09. The van der Waals surface area contributed by atoms with E-state index in [0.717, 1.165) is 0 Å². The summed E-state index contributed by atoms with van der Waals surface area (Å²) >= 11 is 11.8. The number of hydrogen-bond donors (Lipinski definition) is 1. The second-order valence-electron chi connectivity index (χ2n) is 6.47. The minimum absolute atomic E-state index is 0.0339. The molecule has 0 unspecified atom stereocenters. The van der Waals surface area contributed by atoms with Crippen LogP contribution in [0.4, 0.5) is 5.69 Å². The minimum atomic E-state index is -3.76. The van der Waals surface area contributed by atoms with Crippen molar-refractivity contribution in [3.8, 4) is 5.75 Å². The maximum Gasteiger partial charge on any atom is 0.246 e. The third kappa shape index (κ3) is 4.60. The number of ether oxygens (including phenoxy) is 1. The molecular formula is C19H20Cl2N2O4S. The third-order valence-electron chi connectivity index (χ3n) is 4.68. The molecule has 9 heteroatoms. The van der Waals surface area contributed by atoms with Crippen LogP contribution in [0.5, 0.6) is 5.75 Å². The predicted octanol–water partition coefficient (Wildman–Crippen LogP) is 4.04. The molecule has 1 aliphatic rings. The molecule has 0 spiro atoms. The highest BCUT2D eigenvalue weighted by Gasteiger charge is 2.33. The van der Waals surface area contributed by atoms with Crippen molar-refractivity contribution >= 4 is 44.8 Å².